The highest BCUT2D eigenvalue weighted by atomic mass is 16.6. The standard InChI is InChI=1S/C36H44N4O3.C5H11NO/c1-28-17-21-40(22-18-28)27-29-9-8-12-31(16-15-29)35(41)38(2)25-26-39-23-19-32(20-24-39)43-36(42)37-34-14-7-6-13-33(34)30-10-4-3-5-11-30;1-3-6(4-2)5-7/h3-7,9-16,28,32H,17-27H2,1-2H3,(H,37,42);5H,3-4H2,1-2H3. The zero-order valence-electron chi connectivity index (χ0n) is 30.4. The van der Waals surface area contributed by atoms with E-state index in [4.69, 9.17) is 4.74 Å². The molecular formula is C41H55N5O4. The number of nitrogens with zero attached hydrogens (tertiary/aromatic N) is 4. The first kappa shape index (κ1) is 38.4. The van der Waals surface area contributed by atoms with Gasteiger partial charge in [0, 0.05) is 64.0 Å². The number of rotatable bonds is 12. The van der Waals surface area contributed by atoms with Crippen molar-refractivity contribution in [2.24, 2.45) is 5.92 Å². The monoisotopic (exact) mass is 681 g/mol. The Morgan fingerprint density at radius 3 is 2.22 bits per heavy atom. The maximum atomic E-state index is 13.1. The number of piperidine rings is 2. The van der Waals surface area contributed by atoms with E-state index in [0.717, 1.165) is 94.3 Å². The summed E-state index contributed by atoms with van der Waals surface area (Å²) < 4.78 is 5.78. The second-order valence-electron chi connectivity index (χ2n) is 13.3. The third-order valence-corrected chi connectivity index (χ3v) is 9.63. The van der Waals surface area contributed by atoms with Crippen molar-refractivity contribution < 1.29 is 19.1 Å². The number of ether oxygens (including phenoxy) is 1. The molecule has 0 spiro atoms. The third kappa shape index (κ3) is 12.2. The molecule has 3 aliphatic rings. The third-order valence-electron chi connectivity index (χ3n) is 9.63. The van der Waals surface area contributed by atoms with Gasteiger partial charge in [0.1, 0.15) is 6.10 Å². The van der Waals surface area contributed by atoms with Crippen LogP contribution in [-0.2, 0) is 14.3 Å². The van der Waals surface area contributed by atoms with Crippen molar-refractivity contribution in [3.63, 3.8) is 0 Å². The van der Waals surface area contributed by atoms with Gasteiger partial charge in [0.15, 0.2) is 0 Å². The van der Waals surface area contributed by atoms with Crippen molar-refractivity contribution >= 4 is 24.1 Å². The van der Waals surface area contributed by atoms with E-state index >= 15 is 0 Å². The number of para-hydroxylation sites is 1. The molecule has 268 valence electrons. The van der Waals surface area contributed by atoms with Gasteiger partial charge in [-0.3, -0.25) is 19.8 Å². The number of likely N-dealkylation sites (N-methyl/N-ethyl adjacent to an activating group) is 1. The molecule has 0 aromatic heterocycles. The number of anilines is 1. The smallest absolute Gasteiger partial charge is 0.411 e. The number of carbonyl (C=O) groups is 3. The van der Waals surface area contributed by atoms with Gasteiger partial charge in [-0.2, -0.15) is 0 Å². The van der Waals surface area contributed by atoms with Gasteiger partial charge in [-0.1, -0.05) is 61.5 Å². The van der Waals surface area contributed by atoms with Crippen molar-refractivity contribution in [2.75, 3.05) is 71.3 Å². The van der Waals surface area contributed by atoms with Crippen LogP contribution >= 0.6 is 0 Å². The highest BCUT2D eigenvalue weighted by molar-refractivity contribution is 5.96. The molecule has 0 radical (unpaired) electrons. The van der Waals surface area contributed by atoms with Gasteiger partial charge in [-0.15, -0.1) is 5.73 Å². The normalized spacial score (nSPS) is 17.0. The van der Waals surface area contributed by atoms with Crippen molar-refractivity contribution in [1.29, 1.82) is 0 Å². The maximum absolute atomic E-state index is 13.1. The molecule has 9 heteroatoms. The fourth-order valence-electron chi connectivity index (χ4n) is 6.23. The van der Waals surface area contributed by atoms with Crippen molar-refractivity contribution in [2.45, 2.75) is 52.6 Å². The second kappa shape index (κ2) is 20.3. The largest absolute Gasteiger partial charge is 0.446 e. The number of likely N-dealkylation sites (tertiary alicyclic amines) is 2. The molecule has 2 aliphatic heterocycles. The SMILES string of the molecule is CC1CCN(CC2=CC=C(C(=O)N(C)CCN3CCC(OC(=O)Nc4ccccc4-c4ccccc4)CC3)C=C=C2)CC1.CCN(C=O)CC. The van der Waals surface area contributed by atoms with Crippen LogP contribution in [0.15, 0.2) is 95.8 Å². The van der Waals surface area contributed by atoms with Crippen LogP contribution in [0.4, 0.5) is 10.5 Å². The van der Waals surface area contributed by atoms with Crippen LogP contribution in [0.2, 0.25) is 0 Å². The Kier molecular flexibility index (Phi) is 15.6. The molecule has 3 amide bonds. The van der Waals surface area contributed by atoms with E-state index in [1.54, 1.807) is 15.9 Å². The predicted molar refractivity (Wildman–Crippen MR) is 202 cm³/mol. The Morgan fingerprint density at radius 1 is 0.900 bits per heavy atom. The zero-order chi connectivity index (χ0) is 35.7. The van der Waals surface area contributed by atoms with Gasteiger partial charge in [0.05, 0.1) is 5.69 Å². The molecule has 2 heterocycles. The summed E-state index contributed by atoms with van der Waals surface area (Å²) in [5, 5.41) is 2.94. The van der Waals surface area contributed by atoms with Gasteiger partial charge in [-0.25, -0.2) is 4.79 Å². The number of hydrogen-bond donors (Lipinski definition) is 1. The molecule has 0 bridgehead atoms. The summed E-state index contributed by atoms with van der Waals surface area (Å²) in [6, 6.07) is 17.8. The van der Waals surface area contributed by atoms with Gasteiger partial charge in [0.2, 0.25) is 6.41 Å². The van der Waals surface area contributed by atoms with Crippen molar-refractivity contribution in [3.8, 4) is 11.1 Å². The van der Waals surface area contributed by atoms with E-state index in [9.17, 15) is 14.4 Å². The molecule has 2 saturated heterocycles. The Balaban J connectivity index is 0.000000727. The van der Waals surface area contributed by atoms with Gasteiger partial charge in [-0.05, 0) is 94.0 Å². The van der Waals surface area contributed by atoms with Crippen molar-refractivity contribution in [1.82, 2.24) is 19.6 Å². The summed E-state index contributed by atoms with van der Waals surface area (Å²) in [6.45, 7) is 14.1. The summed E-state index contributed by atoms with van der Waals surface area (Å²) in [5.41, 5.74) is 7.81. The number of amides is 3. The Morgan fingerprint density at radius 2 is 1.56 bits per heavy atom. The summed E-state index contributed by atoms with van der Waals surface area (Å²) in [6.07, 6.45) is 12.2. The van der Waals surface area contributed by atoms with E-state index in [1.807, 2.05) is 87.6 Å². The van der Waals surface area contributed by atoms with E-state index in [-0.39, 0.29) is 12.0 Å². The topological polar surface area (TPSA) is 85.4 Å². The Labute approximate surface area is 298 Å². The molecule has 50 heavy (non-hydrogen) atoms. The van der Waals surface area contributed by atoms with Crippen LogP contribution in [0.25, 0.3) is 11.1 Å². The van der Waals surface area contributed by atoms with E-state index < -0.39 is 6.09 Å². The molecule has 2 fully saturated rings. The average Bonchev–Trinajstić information content (AvgIpc) is 3.39. The molecule has 0 atom stereocenters. The van der Waals surface area contributed by atoms with Crippen molar-refractivity contribution in [3.05, 3.63) is 95.8 Å². The zero-order valence-corrected chi connectivity index (χ0v) is 30.4. The molecule has 2 aromatic rings. The molecule has 2 aromatic carbocycles. The number of benzene rings is 2. The lowest BCUT2D eigenvalue weighted by molar-refractivity contribution is -0.125. The van der Waals surface area contributed by atoms with Crippen LogP contribution in [0.5, 0.6) is 0 Å². The van der Waals surface area contributed by atoms with E-state index in [0.29, 0.717) is 12.1 Å². The first-order valence-electron chi connectivity index (χ1n) is 18.1. The lowest BCUT2D eigenvalue weighted by Crippen LogP contribution is -2.42. The van der Waals surface area contributed by atoms with Crippen LogP contribution in [0.3, 0.4) is 0 Å². The maximum Gasteiger partial charge on any atom is 0.411 e. The fourth-order valence-corrected chi connectivity index (χ4v) is 6.23. The highest BCUT2D eigenvalue weighted by Gasteiger charge is 2.24. The molecule has 5 rings (SSSR count). The highest BCUT2D eigenvalue weighted by Crippen LogP contribution is 2.28. The van der Waals surface area contributed by atoms with Gasteiger partial charge >= 0.3 is 6.09 Å². The molecule has 1 aliphatic carbocycles. The van der Waals surface area contributed by atoms with Crippen LogP contribution in [0.1, 0.15) is 46.5 Å². The summed E-state index contributed by atoms with van der Waals surface area (Å²) in [4.78, 5) is 44.1. The Bertz CT molecular complexity index is 1510. The first-order chi connectivity index (χ1) is 24.3. The first-order valence-corrected chi connectivity index (χ1v) is 18.1. The number of carbonyl (C=O) groups excluding carboxylic acids is 3. The minimum Gasteiger partial charge on any atom is -0.446 e. The second-order valence-corrected chi connectivity index (χ2v) is 13.3. The van der Waals surface area contributed by atoms with Crippen LogP contribution < -0.4 is 5.32 Å². The summed E-state index contributed by atoms with van der Waals surface area (Å²) in [7, 11) is 1.86. The van der Waals surface area contributed by atoms with E-state index in [1.165, 1.54) is 18.4 Å². The molecule has 0 unspecified atom stereocenters. The van der Waals surface area contributed by atoms with Crippen LogP contribution in [-0.4, -0.2) is 110 Å². The van der Waals surface area contributed by atoms with Gasteiger partial charge in [0.25, 0.3) is 5.91 Å². The number of hydrogen-bond acceptors (Lipinski definition) is 6. The number of allylic oxidation sites excluding steroid dienone is 2. The van der Waals surface area contributed by atoms with E-state index in [2.05, 4.69) is 33.8 Å². The fraction of sp³-hybridized carbons (Fsp3) is 0.463. The molecule has 0 saturated carbocycles. The number of nitrogens with one attached hydrogen (secondary N) is 1. The Hall–Kier alpha value is -4.43. The molecule has 9 nitrogen and oxygen atoms in total. The molecular weight excluding hydrogens is 626 g/mol. The minimum absolute atomic E-state index is 0.0101. The average molecular weight is 682 g/mol. The predicted octanol–water partition coefficient (Wildman–Crippen LogP) is 6.62. The lowest BCUT2D eigenvalue weighted by Gasteiger charge is -2.32. The summed E-state index contributed by atoms with van der Waals surface area (Å²) in [5.74, 6) is 0.825. The minimum atomic E-state index is -0.423. The van der Waals surface area contributed by atoms with Gasteiger partial charge < -0.3 is 19.4 Å². The lowest BCUT2D eigenvalue weighted by atomic mass is 9.99. The summed E-state index contributed by atoms with van der Waals surface area (Å²) >= 11 is 0. The quantitative estimate of drug-likeness (QED) is 0.200. The molecule has 1 N–H and O–H groups in total. The van der Waals surface area contributed by atoms with Crippen LogP contribution in [0, 0.1) is 5.92 Å².